The molecule has 4 amide bonds. The van der Waals surface area contributed by atoms with Gasteiger partial charge >= 0.3 is 24.7 Å². The minimum Gasteiger partial charge on any atom is -0.503 e. The van der Waals surface area contributed by atoms with Crippen molar-refractivity contribution < 1.29 is 81.7 Å². The second-order valence-electron chi connectivity index (χ2n) is 14.1. The Labute approximate surface area is 322 Å². The standard InChI is InChI=1S/C37H23ClF12N2O6/c1-58-25-5-13(4-24(38)29(25)53)26-20-2-3-21-27(32(56)51(30(21)54)18-8-14(34(39,40)41)6-15(9-18)35(42,43)44)22(20)12-23-28(26)33(57)52(31(23)55)19-10-16(36(45,46)47)7-17(11-19)37(48,49)50/h2,4-11,21-23,26-28,53H,3,12H2,1H3. The molecule has 6 unspecified atom stereocenters. The van der Waals surface area contributed by atoms with Gasteiger partial charge in [-0.3, -0.25) is 19.2 Å². The van der Waals surface area contributed by atoms with E-state index in [1.54, 1.807) is 0 Å². The highest BCUT2D eigenvalue weighted by Gasteiger charge is 2.63. The van der Waals surface area contributed by atoms with Crippen molar-refractivity contribution in [1.29, 1.82) is 0 Å². The van der Waals surface area contributed by atoms with Crippen molar-refractivity contribution in [3.05, 3.63) is 93.0 Å². The van der Waals surface area contributed by atoms with Crippen molar-refractivity contribution in [3.8, 4) is 11.5 Å². The lowest BCUT2D eigenvalue weighted by Crippen LogP contribution is -2.43. The number of benzene rings is 3. The van der Waals surface area contributed by atoms with Crippen LogP contribution in [0.4, 0.5) is 64.1 Å². The summed E-state index contributed by atoms with van der Waals surface area (Å²) >= 11 is 6.26. The highest BCUT2D eigenvalue weighted by molar-refractivity contribution is 6.32. The van der Waals surface area contributed by atoms with Gasteiger partial charge in [-0.25, -0.2) is 9.80 Å². The number of alkyl halides is 12. The third-order valence-corrected chi connectivity index (χ3v) is 11.2. The number of carbonyl (C=O) groups excluding carboxylic acids is 4. The van der Waals surface area contributed by atoms with Gasteiger partial charge in [0.1, 0.15) is 0 Å². The molecule has 7 rings (SSSR count). The maximum Gasteiger partial charge on any atom is 0.416 e. The number of carbonyl (C=O) groups is 4. The van der Waals surface area contributed by atoms with Crippen molar-refractivity contribution >= 4 is 46.6 Å². The van der Waals surface area contributed by atoms with Crippen molar-refractivity contribution in [2.24, 2.45) is 29.6 Å². The van der Waals surface area contributed by atoms with Crippen LogP contribution in [0.25, 0.3) is 0 Å². The molecule has 1 saturated carbocycles. The van der Waals surface area contributed by atoms with Crippen LogP contribution in [0.2, 0.25) is 5.02 Å². The van der Waals surface area contributed by atoms with E-state index in [0.29, 0.717) is 0 Å². The molecule has 0 spiro atoms. The van der Waals surface area contributed by atoms with Crippen LogP contribution in [0.1, 0.15) is 46.6 Å². The maximum atomic E-state index is 14.3. The Balaban J connectivity index is 1.37. The number of phenolic OH excluding ortho intramolecular Hbond substituents is 1. The van der Waals surface area contributed by atoms with Gasteiger partial charge in [0.2, 0.25) is 23.6 Å². The van der Waals surface area contributed by atoms with Crippen LogP contribution < -0.4 is 14.5 Å². The molecule has 6 atom stereocenters. The minimum atomic E-state index is -5.38. The summed E-state index contributed by atoms with van der Waals surface area (Å²) in [6.07, 6.45) is -21.1. The van der Waals surface area contributed by atoms with Gasteiger partial charge in [0.05, 0.1) is 69.4 Å². The highest BCUT2D eigenvalue weighted by atomic mass is 35.5. The van der Waals surface area contributed by atoms with Gasteiger partial charge in [-0.2, -0.15) is 52.7 Å². The van der Waals surface area contributed by atoms with E-state index in [1.807, 2.05) is 0 Å². The Hall–Kier alpha value is -5.27. The number of phenols is 1. The fourth-order valence-electron chi connectivity index (χ4n) is 8.54. The molecule has 2 saturated heterocycles. The van der Waals surface area contributed by atoms with E-state index in [9.17, 15) is 77.0 Å². The van der Waals surface area contributed by atoms with Crippen LogP contribution in [0.15, 0.2) is 60.2 Å². The third-order valence-electron chi connectivity index (χ3n) is 10.9. The van der Waals surface area contributed by atoms with Crippen molar-refractivity contribution in [3.63, 3.8) is 0 Å². The number of imide groups is 2. The number of methoxy groups -OCH3 is 1. The number of rotatable bonds is 4. The molecule has 1 N–H and O–H groups in total. The molecule has 0 bridgehead atoms. The summed E-state index contributed by atoms with van der Waals surface area (Å²) in [5.74, 6) is -14.9. The number of halogens is 13. The fraction of sp³-hybridized carbons (Fsp3) is 0.351. The lowest BCUT2D eigenvalue weighted by atomic mass is 9.57. The first kappa shape index (κ1) is 40.9. The number of allylic oxidation sites excluding steroid dienone is 2. The Morgan fingerprint density at radius 3 is 1.47 bits per heavy atom. The first-order valence-corrected chi connectivity index (χ1v) is 17.2. The van der Waals surface area contributed by atoms with Gasteiger partial charge in [-0.1, -0.05) is 23.3 Å². The molecule has 2 aliphatic heterocycles. The molecule has 3 aromatic rings. The van der Waals surface area contributed by atoms with E-state index >= 15 is 0 Å². The fourth-order valence-corrected chi connectivity index (χ4v) is 8.76. The summed E-state index contributed by atoms with van der Waals surface area (Å²) in [5, 5.41) is 10.1. The summed E-state index contributed by atoms with van der Waals surface area (Å²) in [6.45, 7) is 0. The summed E-state index contributed by atoms with van der Waals surface area (Å²) in [6, 6.07) is 2.57. The number of hydrogen-bond donors (Lipinski definition) is 1. The molecule has 3 aromatic carbocycles. The van der Waals surface area contributed by atoms with Gasteiger partial charge in [0.25, 0.3) is 0 Å². The zero-order valence-electron chi connectivity index (χ0n) is 28.9. The molecule has 4 aliphatic rings. The largest absolute Gasteiger partial charge is 0.503 e. The number of ether oxygens (including phenoxy) is 1. The normalized spacial score (nSPS) is 25.2. The third kappa shape index (κ3) is 6.61. The summed E-state index contributed by atoms with van der Waals surface area (Å²) < 4.78 is 171. The number of aromatic hydroxyl groups is 1. The van der Waals surface area contributed by atoms with Crippen LogP contribution in [-0.4, -0.2) is 35.8 Å². The van der Waals surface area contributed by atoms with Gasteiger partial charge < -0.3 is 9.84 Å². The van der Waals surface area contributed by atoms with Crippen molar-refractivity contribution in [2.75, 3.05) is 16.9 Å². The molecule has 2 aliphatic carbocycles. The molecule has 308 valence electrons. The average Bonchev–Trinajstić information content (AvgIpc) is 3.53. The summed E-state index contributed by atoms with van der Waals surface area (Å²) in [4.78, 5) is 56.9. The van der Waals surface area contributed by atoms with Gasteiger partial charge in [0, 0.05) is 5.92 Å². The van der Waals surface area contributed by atoms with E-state index in [-0.39, 0.29) is 74.5 Å². The monoisotopic (exact) mass is 854 g/mol. The smallest absolute Gasteiger partial charge is 0.416 e. The summed E-state index contributed by atoms with van der Waals surface area (Å²) in [7, 11) is 1.11. The number of amides is 4. The highest BCUT2D eigenvalue weighted by Crippen LogP contribution is 2.60. The quantitative estimate of drug-likeness (QED) is 0.160. The van der Waals surface area contributed by atoms with E-state index in [1.165, 1.54) is 12.1 Å². The Morgan fingerprint density at radius 1 is 0.603 bits per heavy atom. The predicted octanol–water partition coefficient (Wildman–Crippen LogP) is 9.17. The zero-order chi connectivity index (χ0) is 42.8. The number of nitrogens with zero attached hydrogens (tertiary/aromatic N) is 2. The first-order chi connectivity index (χ1) is 26.7. The van der Waals surface area contributed by atoms with Crippen molar-refractivity contribution in [2.45, 2.75) is 43.5 Å². The van der Waals surface area contributed by atoms with Gasteiger partial charge in [-0.15, -0.1) is 0 Å². The van der Waals surface area contributed by atoms with E-state index in [0.717, 1.165) is 13.2 Å². The average molecular weight is 855 g/mol. The lowest BCUT2D eigenvalue weighted by Gasteiger charge is -2.44. The van der Waals surface area contributed by atoms with Crippen LogP contribution >= 0.6 is 11.6 Å². The molecular formula is C37H23ClF12N2O6. The lowest BCUT2D eigenvalue weighted by molar-refractivity contribution is -0.144. The van der Waals surface area contributed by atoms with E-state index in [4.69, 9.17) is 16.3 Å². The van der Waals surface area contributed by atoms with Gasteiger partial charge in [0.15, 0.2) is 11.5 Å². The van der Waals surface area contributed by atoms with Crippen LogP contribution in [0.3, 0.4) is 0 Å². The van der Waals surface area contributed by atoms with Crippen LogP contribution in [0.5, 0.6) is 11.5 Å². The molecule has 0 radical (unpaired) electrons. The number of fused-ring (bicyclic) bond motifs is 4. The molecule has 2 heterocycles. The van der Waals surface area contributed by atoms with Gasteiger partial charge in [-0.05, 0) is 72.9 Å². The van der Waals surface area contributed by atoms with Crippen LogP contribution in [0, 0.1) is 29.6 Å². The van der Waals surface area contributed by atoms with E-state index in [2.05, 4.69) is 0 Å². The Morgan fingerprint density at radius 2 is 1.03 bits per heavy atom. The SMILES string of the molecule is COc1cc(C2C3=CCC4C(=O)N(c5cc(C(F)(F)F)cc(C(F)(F)F)c5)C(=O)C4C3CC3C(=O)N(c4cc(C(F)(F)F)cc(C(F)(F)F)c4)C(=O)C32)cc(Cl)c1O. The molecule has 3 fully saturated rings. The van der Waals surface area contributed by atoms with Crippen LogP contribution in [-0.2, 0) is 43.9 Å². The molecular weight excluding hydrogens is 832 g/mol. The topological polar surface area (TPSA) is 104 Å². The second kappa shape index (κ2) is 13.4. The minimum absolute atomic E-state index is 0.00611. The molecule has 21 heteroatoms. The predicted molar refractivity (Wildman–Crippen MR) is 175 cm³/mol. The molecule has 58 heavy (non-hydrogen) atoms. The number of anilines is 2. The molecule has 8 nitrogen and oxygen atoms in total. The maximum absolute atomic E-state index is 14.3. The van der Waals surface area contributed by atoms with Crippen molar-refractivity contribution in [1.82, 2.24) is 0 Å². The number of hydrogen-bond acceptors (Lipinski definition) is 6. The zero-order valence-corrected chi connectivity index (χ0v) is 29.6. The Bertz CT molecular complexity index is 2250. The summed E-state index contributed by atoms with van der Waals surface area (Å²) in [5.41, 5.74) is -9.39. The Kier molecular flexibility index (Phi) is 9.44. The van der Waals surface area contributed by atoms with E-state index < -0.39 is 130 Å². The first-order valence-electron chi connectivity index (χ1n) is 16.8. The molecule has 0 aromatic heterocycles. The second-order valence-corrected chi connectivity index (χ2v) is 14.5.